The van der Waals surface area contributed by atoms with Crippen LogP contribution in [-0.4, -0.2) is 29.0 Å². The second kappa shape index (κ2) is 7.33. The number of nitrogens with two attached hydrogens (primary N) is 2. The highest BCUT2D eigenvalue weighted by Gasteiger charge is 2.30. The topological polar surface area (TPSA) is 128 Å². The summed E-state index contributed by atoms with van der Waals surface area (Å²) in [5.41, 5.74) is 10.5. The van der Waals surface area contributed by atoms with E-state index in [9.17, 15) is 18.0 Å². The van der Waals surface area contributed by atoms with Crippen LogP contribution >= 0.6 is 0 Å². The number of hydrogen-bond donors (Lipinski definition) is 4. The maximum Gasteiger partial charge on any atom is 0.416 e. The van der Waals surface area contributed by atoms with E-state index in [1.807, 2.05) is 0 Å². The van der Waals surface area contributed by atoms with Crippen LogP contribution < -0.4 is 26.8 Å². The zero-order valence-electron chi connectivity index (χ0n) is 13.9. The number of benzene rings is 1. The number of rotatable bonds is 5. The molecule has 1 atom stereocenters. The fraction of sp³-hybridized carbons (Fsp3) is 0.267. The highest BCUT2D eigenvalue weighted by molar-refractivity contribution is 5.96. The molecule has 1 amide bonds. The molecule has 0 saturated carbocycles. The van der Waals surface area contributed by atoms with E-state index in [0.717, 1.165) is 12.1 Å². The van der Waals surface area contributed by atoms with Gasteiger partial charge >= 0.3 is 6.18 Å². The Balaban J connectivity index is 2.13. The quantitative estimate of drug-likeness (QED) is 0.634. The van der Waals surface area contributed by atoms with Crippen molar-refractivity contribution in [2.24, 2.45) is 0 Å². The van der Waals surface area contributed by atoms with Crippen LogP contribution in [-0.2, 0) is 11.0 Å². The Morgan fingerprint density at radius 3 is 2.58 bits per heavy atom. The number of carbonyl (C=O) groups is 1. The smallest absolute Gasteiger partial charge is 0.416 e. The van der Waals surface area contributed by atoms with Gasteiger partial charge in [0.2, 0.25) is 17.7 Å². The molecule has 0 aliphatic heterocycles. The zero-order chi connectivity index (χ0) is 19.5. The summed E-state index contributed by atoms with van der Waals surface area (Å²) < 4.78 is 43.1. The molecule has 1 heterocycles. The average Bonchev–Trinajstić information content (AvgIpc) is 2.57. The lowest BCUT2D eigenvalue weighted by Crippen LogP contribution is -2.32. The van der Waals surface area contributed by atoms with E-state index in [2.05, 4.69) is 20.6 Å². The molecule has 140 valence electrons. The zero-order valence-corrected chi connectivity index (χ0v) is 13.9. The van der Waals surface area contributed by atoms with Gasteiger partial charge in [-0.15, -0.1) is 0 Å². The average molecular weight is 370 g/mol. The van der Waals surface area contributed by atoms with Gasteiger partial charge in [-0.05, 0) is 25.1 Å². The summed E-state index contributed by atoms with van der Waals surface area (Å²) in [6.07, 6.45) is -4.51. The van der Waals surface area contributed by atoms with Gasteiger partial charge in [0.25, 0.3) is 0 Å². The summed E-state index contributed by atoms with van der Waals surface area (Å²) in [5.74, 6) is -0.615. The van der Waals surface area contributed by atoms with Crippen molar-refractivity contribution < 1.29 is 22.7 Å². The summed E-state index contributed by atoms with van der Waals surface area (Å²) in [7, 11) is 1.34. The Kier molecular flexibility index (Phi) is 5.38. The Labute approximate surface area is 146 Å². The van der Waals surface area contributed by atoms with Crippen molar-refractivity contribution in [1.82, 2.24) is 9.97 Å². The molecule has 6 N–H and O–H groups in total. The van der Waals surface area contributed by atoms with E-state index in [4.69, 9.17) is 16.2 Å². The Hall–Kier alpha value is -3.24. The fourth-order valence-electron chi connectivity index (χ4n) is 2.03. The molecule has 11 heteroatoms. The van der Waals surface area contributed by atoms with E-state index in [-0.39, 0.29) is 29.0 Å². The van der Waals surface area contributed by atoms with Crippen molar-refractivity contribution in [3.8, 4) is 5.88 Å². The minimum absolute atomic E-state index is 0.00577. The van der Waals surface area contributed by atoms with Crippen LogP contribution in [0, 0.1) is 0 Å². The van der Waals surface area contributed by atoms with Gasteiger partial charge in [0.05, 0.1) is 12.7 Å². The maximum atomic E-state index is 12.7. The summed E-state index contributed by atoms with van der Waals surface area (Å²) in [6, 6.07) is 3.41. The van der Waals surface area contributed by atoms with Crippen molar-refractivity contribution in [1.29, 1.82) is 0 Å². The first-order valence-corrected chi connectivity index (χ1v) is 7.33. The number of nitrogen functional groups attached to an aromatic ring is 2. The summed E-state index contributed by atoms with van der Waals surface area (Å²) in [4.78, 5) is 19.9. The van der Waals surface area contributed by atoms with E-state index in [1.165, 1.54) is 26.2 Å². The Morgan fingerprint density at radius 2 is 1.96 bits per heavy atom. The number of alkyl halides is 3. The van der Waals surface area contributed by atoms with Gasteiger partial charge in [-0.1, -0.05) is 6.07 Å². The lowest BCUT2D eigenvalue weighted by Gasteiger charge is -2.17. The third-order valence-corrected chi connectivity index (χ3v) is 3.33. The molecule has 26 heavy (non-hydrogen) atoms. The number of nitrogens with one attached hydrogen (secondary N) is 2. The van der Waals surface area contributed by atoms with Crippen molar-refractivity contribution in [2.75, 3.05) is 29.2 Å². The van der Waals surface area contributed by atoms with E-state index < -0.39 is 23.7 Å². The maximum absolute atomic E-state index is 12.7. The molecule has 0 bridgehead atoms. The van der Waals surface area contributed by atoms with Crippen LogP contribution in [0.4, 0.5) is 36.3 Å². The first kappa shape index (κ1) is 19.1. The molecule has 0 unspecified atom stereocenters. The molecule has 2 aromatic rings. The van der Waals surface area contributed by atoms with Crippen LogP contribution in [0.15, 0.2) is 24.3 Å². The fourth-order valence-corrected chi connectivity index (χ4v) is 2.03. The van der Waals surface area contributed by atoms with Crippen LogP contribution in [0.25, 0.3) is 0 Å². The number of halogens is 3. The highest BCUT2D eigenvalue weighted by Crippen LogP contribution is 2.31. The SMILES string of the molecule is COc1nc(N)nc(N[C@@H](C)C(=O)Nc2cccc(C(F)(F)F)c2)c1N. The molecule has 1 aromatic carbocycles. The molecule has 1 aromatic heterocycles. The minimum Gasteiger partial charge on any atom is -0.479 e. The molecule has 0 saturated heterocycles. The number of methoxy groups -OCH3 is 1. The lowest BCUT2D eigenvalue weighted by molar-refractivity contribution is -0.137. The Bertz CT molecular complexity index is 812. The van der Waals surface area contributed by atoms with Crippen molar-refractivity contribution >= 4 is 29.0 Å². The van der Waals surface area contributed by atoms with Gasteiger partial charge in [-0.3, -0.25) is 4.79 Å². The summed E-state index contributed by atoms with van der Waals surface area (Å²) in [5, 5.41) is 5.11. The lowest BCUT2D eigenvalue weighted by atomic mass is 10.2. The van der Waals surface area contributed by atoms with Gasteiger partial charge in [0, 0.05) is 5.69 Å². The predicted octanol–water partition coefficient (Wildman–Crippen LogP) is 2.11. The molecular weight excluding hydrogens is 353 g/mol. The van der Waals surface area contributed by atoms with Crippen LogP contribution in [0.5, 0.6) is 5.88 Å². The molecule has 0 aliphatic rings. The van der Waals surface area contributed by atoms with Gasteiger partial charge in [0.15, 0.2) is 5.82 Å². The van der Waals surface area contributed by atoms with Crippen molar-refractivity contribution in [3.63, 3.8) is 0 Å². The van der Waals surface area contributed by atoms with Gasteiger partial charge in [-0.2, -0.15) is 23.1 Å². The third kappa shape index (κ3) is 4.43. The van der Waals surface area contributed by atoms with Gasteiger partial charge < -0.3 is 26.8 Å². The number of anilines is 4. The van der Waals surface area contributed by atoms with Crippen molar-refractivity contribution in [3.05, 3.63) is 29.8 Å². The molecule has 0 spiro atoms. The monoisotopic (exact) mass is 370 g/mol. The number of carbonyl (C=O) groups excluding carboxylic acids is 1. The van der Waals surface area contributed by atoms with E-state index in [1.54, 1.807) is 0 Å². The normalized spacial score (nSPS) is 12.3. The Morgan fingerprint density at radius 1 is 1.27 bits per heavy atom. The van der Waals surface area contributed by atoms with E-state index >= 15 is 0 Å². The van der Waals surface area contributed by atoms with E-state index in [0.29, 0.717) is 0 Å². The number of ether oxygens (including phenoxy) is 1. The van der Waals surface area contributed by atoms with Crippen LogP contribution in [0.1, 0.15) is 12.5 Å². The molecule has 2 rings (SSSR count). The van der Waals surface area contributed by atoms with Crippen molar-refractivity contribution in [2.45, 2.75) is 19.1 Å². The second-order valence-electron chi connectivity index (χ2n) is 5.29. The molecule has 8 nitrogen and oxygen atoms in total. The number of nitrogens with zero attached hydrogens (tertiary/aromatic N) is 2. The minimum atomic E-state index is -4.51. The molecule has 0 aliphatic carbocycles. The summed E-state index contributed by atoms with van der Waals surface area (Å²) >= 11 is 0. The van der Waals surface area contributed by atoms with Gasteiger partial charge in [-0.25, -0.2) is 0 Å². The molecular formula is C15H17F3N6O2. The van der Waals surface area contributed by atoms with Crippen LogP contribution in [0.3, 0.4) is 0 Å². The largest absolute Gasteiger partial charge is 0.479 e. The summed E-state index contributed by atoms with van der Waals surface area (Å²) in [6.45, 7) is 1.48. The molecule has 0 radical (unpaired) electrons. The first-order valence-electron chi connectivity index (χ1n) is 7.33. The second-order valence-corrected chi connectivity index (χ2v) is 5.29. The first-order chi connectivity index (χ1) is 12.1. The highest BCUT2D eigenvalue weighted by atomic mass is 19.4. The standard InChI is InChI=1S/C15H17F3N6O2/c1-7(21-11-10(19)13(26-2)24-14(20)23-11)12(25)22-9-5-3-4-8(6-9)15(16,17)18/h3-7H,19H2,1-2H3,(H,22,25)(H3,20,21,23,24)/t7-/m0/s1. The number of hydrogen-bond acceptors (Lipinski definition) is 7. The number of aromatic nitrogens is 2. The molecule has 0 fully saturated rings. The number of amides is 1. The van der Waals surface area contributed by atoms with Crippen LogP contribution in [0.2, 0.25) is 0 Å². The third-order valence-electron chi connectivity index (χ3n) is 3.33. The predicted molar refractivity (Wildman–Crippen MR) is 90.6 cm³/mol. The van der Waals surface area contributed by atoms with Gasteiger partial charge in [0.1, 0.15) is 11.7 Å².